The number of thiophene rings is 1. The van der Waals surface area contributed by atoms with E-state index < -0.39 is 5.97 Å². The van der Waals surface area contributed by atoms with E-state index in [4.69, 9.17) is 4.74 Å². The number of nitrogens with zero attached hydrogens (tertiary/aromatic N) is 1. The van der Waals surface area contributed by atoms with E-state index in [9.17, 15) is 14.9 Å². The van der Waals surface area contributed by atoms with E-state index in [0.29, 0.717) is 27.4 Å². The molecule has 0 unspecified atom stereocenters. The summed E-state index contributed by atoms with van der Waals surface area (Å²) in [6.45, 7) is 3.91. The fraction of sp³-hybridized carbons (Fsp3) is 0.650. The molecule has 0 aliphatic carbocycles. The van der Waals surface area contributed by atoms with Crippen molar-refractivity contribution in [3.8, 4) is 6.07 Å². The van der Waals surface area contributed by atoms with E-state index in [1.165, 1.54) is 45.6 Å². The first-order valence-electron chi connectivity index (χ1n) is 9.46. The lowest BCUT2D eigenvalue weighted by atomic mass is 10.1. The minimum absolute atomic E-state index is 0.109. The highest BCUT2D eigenvalue weighted by Crippen LogP contribution is 2.33. The number of hydrogen-bond donors (Lipinski definition) is 1. The summed E-state index contributed by atoms with van der Waals surface area (Å²) in [6.07, 6.45) is 11.2. The van der Waals surface area contributed by atoms with Gasteiger partial charge >= 0.3 is 5.97 Å². The SMILES string of the molecule is CCCCCCCCCCCC(=O)Nc1sc(C(=O)OC)c(C)c1C#N. The molecule has 0 spiro atoms. The molecular formula is C20H30N2O3S. The van der Waals surface area contributed by atoms with Gasteiger partial charge in [0, 0.05) is 6.42 Å². The zero-order valence-corrected chi connectivity index (χ0v) is 17.0. The van der Waals surface area contributed by atoms with Crippen LogP contribution < -0.4 is 5.32 Å². The van der Waals surface area contributed by atoms with Crippen molar-refractivity contribution in [3.63, 3.8) is 0 Å². The van der Waals surface area contributed by atoms with Crippen molar-refractivity contribution in [2.24, 2.45) is 0 Å². The van der Waals surface area contributed by atoms with E-state index in [1.54, 1.807) is 6.92 Å². The molecule has 0 saturated heterocycles. The molecule has 144 valence electrons. The number of unbranched alkanes of at least 4 members (excludes halogenated alkanes) is 8. The van der Waals surface area contributed by atoms with Crippen LogP contribution in [0.4, 0.5) is 5.00 Å². The third-order valence-corrected chi connectivity index (χ3v) is 5.58. The lowest BCUT2D eigenvalue weighted by molar-refractivity contribution is -0.116. The van der Waals surface area contributed by atoms with Crippen molar-refractivity contribution in [2.75, 3.05) is 12.4 Å². The Kier molecular flexibility index (Phi) is 10.6. The summed E-state index contributed by atoms with van der Waals surface area (Å²) in [5.74, 6) is -0.592. The maximum absolute atomic E-state index is 12.1. The number of rotatable bonds is 12. The summed E-state index contributed by atoms with van der Waals surface area (Å²) in [7, 11) is 1.30. The van der Waals surface area contributed by atoms with Gasteiger partial charge in [-0.2, -0.15) is 5.26 Å². The number of carbonyl (C=O) groups is 2. The van der Waals surface area contributed by atoms with Crippen LogP contribution in [0.5, 0.6) is 0 Å². The van der Waals surface area contributed by atoms with Gasteiger partial charge < -0.3 is 10.1 Å². The van der Waals surface area contributed by atoms with Crippen LogP contribution in [0.3, 0.4) is 0 Å². The lowest BCUT2D eigenvalue weighted by Crippen LogP contribution is -2.10. The van der Waals surface area contributed by atoms with Gasteiger partial charge in [-0.15, -0.1) is 11.3 Å². The quantitative estimate of drug-likeness (QED) is 0.381. The topological polar surface area (TPSA) is 79.2 Å². The average Bonchev–Trinajstić information content (AvgIpc) is 2.94. The highest BCUT2D eigenvalue weighted by molar-refractivity contribution is 7.18. The molecule has 0 radical (unpaired) electrons. The second-order valence-corrected chi connectivity index (χ2v) is 7.51. The molecular weight excluding hydrogens is 348 g/mol. The van der Waals surface area contributed by atoms with Gasteiger partial charge in [0.15, 0.2) is 0 Å². The molecule has 1 heterocycles. The Morgan fingerprint density at radius 3 is 2.19 bits per heavy atom. The van der Waals surface area contributed by atoms with Crippen molar-refractivity contribution in [3.05, 3.63) is 16.0 Å². The summed E-state index contributed by atoms with van der Waals surface area (Å²) in [6, 6.07) is 2.06. The van der Waals surface area contributed by atoms with Crippen LogP contribution in [0, 0.1) is 18.3 Å². The second-order valence-electron chi connectivity index (χ2n) is 6.49. The van der Waals surface area contributed by atoms with Crippen LogP contribution in [0.2, 0.25) is 0 Å². The fourth-order valence-corrected chi connectivity index (χ4v) is 3.90. The van der Waals surface area contributed by atoms with E-state index in [2.05, 4.69) is 18.3 Å². The van der Waals surface area contributed by atoms with Gasteiger partial charge in [-0.1, -0.05) is 58.3 Å². The van der Waals surface area contributed by atoms with Crippen molar-refractivity contribution >= 4 is 28.2 Å². The van der Waals surface area contributed by atoms with E-state index in [0.717, 1.165) is 30.6 Å². The van der Waals surface area contributed by atoms with Gasteiger partial charge in [-0.05, 0) is 18.9 Å². The van der Waals surface area contributed by atoms with Gasteiger partial charge in [0.2, 0.25) is 5.91 Å². The highest BCUT2D eigenvalue weighted by Gasteiger charge is 2.21. The Hall–Kier alpha value is -1.87. The number of nitrogens with one attached hydrogen (secondary N) is 1. The molecule has 0 aliphatic rings. The maximum atomic E-state index is 12.1. The van der Waals surface area contributed by atoms with Crippen molar-refractivity contribution in [2.45, 2.75) is 78.1 Å². The number of nitriles is 1. The zero-order valence-electron chi connectivity index (χ0n) is 16.2. The first kappa shape index (κ1) is 22.2. The molecule has 26 heavy (non-hydrogen) atoms. The number of anilines is 1. The normalized spacial score (nSPS) is 10.4. The Morgan fingerprint density at radius 1 is 1.08 bits per heavy atom. The van der Waals surface area contributed by atoms with Crippen molar-refractivity contribution < 1.29 is 14.3 Å². The van der Waals surface area contributed by atoms with Gasteiger partial charge in [0.25, 0.3) is 0 Å². The Balaban J connectivity index is 2.35. The molecule has 5 nitrogen and oxygen atoms in total. The van der Waals surface area contributed by atoms with Crippen LogP contribution in [0.25, 0.3) is 0 Å². The molecule has 0 aliphatic heterocycles. The number of methoxy groups -OCH3 is 1. The van der Waals surface area contributed by atoms with E-state index >= 15 is 0 Å². The summed E-state index contributed by atoms with van der Waals surface area (Å²) >= 11 is 1.10. The monoisotopic (exact) mass is 378 g/mol. The summed E-state index contributed by atoms with van der Waals surface area (Å²) in [5, 5.41) is 12.5. The number of carbonyl (C=O) groups excluding carboxylic acids is 2. The van der Waals surface area contributed by atoms with Gasteiger partial charge in [0.05, 0.1) is 12.7 Å². The van der Waals surface area contributed by atoms with Crippen LogP contribution in [-0.2, 0) is 9.53 Å². The highest BCUT2D eigenvalue weighted by atomic mass is 32.1. The van der Waals surface area contributed by atoms with Crippen LogP contribution in [0.1, 0.15) is 91.9 Å². The summed E-state index contributed by atoms with van der Waals surface area (Å²) < 4.78 is 4.72. The molecule has 1 amide bonds. The van der Waals surface area contributed by atoms with Crippen LogP contribution in [-0.4, -0.2) is 19.0 Å². The van der Waals surface area contributed by atoms with Gasteiger partial charge in [0.1, 0.15) is 15.9 Å². The van der Waals surface area contributed by atoms with E-state index in [-0.39, 0.29) is 5.91 Å². The van der Waals surface area contributed by atoms with E-state index in [1.807, 2.05) is 0 Å². The molecule has 6 heteroatoms. The van der Waals surface area contributed by atoms with Crippen molar-refractivity contribution in [1.82, 2.24) is 0 Å². The molecule has 1 rings (SSSR count). The standard InChI is InChI=1S/C20H30N2O3S/c1-4-5-6-7-8-9-10-11-12-13-17(23)22-19-16(14-21)15(2)18(26-19)20(24)25-3/h4-13H2,1-3H3,(H,22,23). The first-order chi connectivity index (χ1) is 12.5. The minimum atomic E-state index is -0.483. The van der Waals surface area contributed by atoms with Gasteiger partial charge in [-0.25, -0.2) is 4.79 Å². The van der Waals surface area contributed by atoms with Crippen molar-refractivity contribution in [1.29, 1.82) is 5.26 Å². The van der Waals surface area contributed by atoms with Crippen LogP contribution in [0.15, 0.2) is 0 Å². The molecule has 0 saturated carbocycles. The molecule has 0 fully saturated rings. The molecule has 1 aromatic heterocycles. The third kappa shape index (κ3) is 7.17. The fourth-order valence-electron chi connectivity index (χ4n) is 2.81. The largest absolute Gasteiger partial charge is 0.465 e. The average molecular weight is 379 g/mol. The number of hydrogen-bond acceptors (Lipinski definition) is 5. The molecule has 1 aromatic rings. The first-order valence-corrected chi connectivity index (χ1v) is 10.3. The number of esters is 1. The predicted molar refractivity (Wildman–Crippen MR) is 106 cm³/mol. The molecule has 1 N–H and O–H groups in total. The Bertz CT molecular complexity index is 632. The second kappa shape index (κ2) is 12.5. The summed E-state index contributed by atoms with van der Waals surface area (Å²) in [5.41, 5.74) is 0.901. The van der Waals surface area contributed by atoms with Crippen LogP contribution >= 0.6 is 11.3 Å². The Labute approximate surface area is 160 Å². The Morgan fingerprint density at radius 2 is 1.65 bits per heavy atom. The third-order valence-electron chi connectivity index (χ3n) is 4.39. The lowest BCUT2D eigenvalue weighted by Gasteiger charge is -2.04. The number of ether oxygens (including phenoxy) is 1. The molecule has 0 bridgehead atoms. The smallest absolute Gasteiger partial charge is 0.348 e. The maximum Gasteiger partial charge on any atom is 0.348 e. The molecule has 0 atom stereocenters. The van der Waals surface area contributed by atoms with Gasteiger partial charge in [-0.3, -0.25) is 4.79 Å². The zero-order chi connectivity index (χ0) is 19.4. The predicted octanol–water partition coefficient (Wildman–Crippen LogP) is 5.57. The number of amides is 1. The molecule has 0 aromatic carbocycles. The summed E-state index contributed by atoms with van der Waals surface area (Å²) in [4.78, 5) is 24.2. The minimum Gasteiger partial charge on any atom is -0.465 e.